The molecule has 0 radical (unpaired) electrons. The normalized spacial score (nSPS) is 26.5. The van der Waals surface area contributed by atoms with E-state index in [1.54, 1.807) is 13.8 Å². The summed E-state index contributed by atoms with van der Waals surface area (Å²) >= 11 is 0. The van der Waals surface area contributed by atoms with Crippen LogP contribution >= 0.6 is 0 Å². The van der Waals surface area contributed by atoms with Crippen LogP contribution in [-0.4, -0.2) is 23.9 Å². The predicted octanol–water partition coefficient (Wildman–Crippen LogP) is 2.04. The standard InChI is InChI=1S/C12H20N2O/c1-5-10-7-14(6-9(10)2)11(15)12(3,4)8-13/h9-10H,5-7H2,1-4H3. The Labute approximate surface area is 92.1 Å². The van der Waals surface area contributed by atoms with Gasteiger partial charge in [-0.2, -0.15) is 5.26 Å². The van der Waals surface area contributed by atoms with Crippen LogP contribution in [0.5, 0.6) is 0 Å². The number of hydrogen-bond acceptors (Lipinski definition) is 2. The van der Waals surface area contributed by atoms with E-state index in [-0.39, 0.29) is 5.91 Å². The lowest BCUT2D eigenvalue weighted by molar-refractivity contribution is -0.136. The summed E-state index contributed by atoms with van der Waals surface area (Å²) < 4.78 is 0. The molecule has 1 saturated heterocycles. The molecule has 0 spiro atoms. The van der Waals surface area contributed by atoms with Gasteiger partial charge >= 0.3 is 0 Å². The second-order valence-corrected chi connectivity index (χ2v) is 5.09. The number of carbonyl (C=O) groups is 1. The van der Waals surface area contributed by atoms with E-state index < -0.39 is 5.41 Å². The van der Waals surface area contributed by atoms with Crippen molar-refractivity contribution in [2.45, 2.75) is 34.1 Å². The van der Waals surface area contributed by atoms with Gasteiger partial charge in [-0.05, 0) is 25.7 Å². The van der Waals surface area contributed by atoms with Gasteiger partial charge in [0.1, 0.15) is 5.41 Å². The van der Waals surface area contributed by atoms with Crippen LogP contribution in [-0.2, 0) is 4.79 Å². The molecule has 1 aliphatic heterocycles. The van der Waals surface area contributed by atoms with E-state index in [2.05, 4.69) is 19.9 Å². The molecule has 0 aromatic carbocycles. The van der Waals surface area contributed by atoms with Gasteiger partial charge in [0.05, 0.1) is 6.07 Å². The topological polar surface area (TPSA) is 44.1 Å². The molecule has 2 unspecified atom stereocenters. The summed E-state index contributed by atoms with van der Waals surface area (Å²) in [5, 5.41) is 8.92. The lowest BCUT2D eigenvalue weighted by Crippen LogP contribution is -2.39. The number of hydrogen-bond donors (Lipinski definition) is 0. The highest BCUT2D eigenvalue weighted by atomic mass is 16.2. The van der Waals surface area contributed by atoms with Crippen molar-refractivity contribution in [1.29, 1.82) is 5.26 Å². The highest BCUT2D eigenvalue weighted by Crippen LogP contribution is 2.29. The third kappa shape index (κ3) is 2.31. The summed E-state index contributed by atoms with van der Waals surface area (Å²) in [5.41, 5.74) is -0.873. The molecule has 3 heteroatoms. The number of amides is 1. The summed E-state index contributed by atoms with van der Waals surface area (Å²) in [4.78, 5) is 13.9. The van der Waals surface area contributed by atoms with E-state index in [9.17, 15) is 4.79 Å². The third-order valence-electron chi connectivity index (χ3n) is 3.39. The van der Waals surface area contributed by atoms with Crippen LogP contribution in [0.3, 0.4) is 0 Å². The van der Waals surface area contributed by atoms with Gasteiger partial charge in [-0.3, -0.25) is 4.79 Å². The Morgan fingerprint density at radius 1 is 1.53 bits per heavy atom. The largest absolute Gasteiger partial charge is 0.341 e. The fraction of sp³-hybridized carbons (Fsp3) is 0.833. The molecule has 15 heavy (non-hydrogen) atoms. The van der Waals surface area contributed by atoms with Gasteiger partial charge < -0.3 is 4.90 Å². The summed E-state index contributed by atoms with van der Waals surface area (Å²) in [6.45, 7) is 9.36. The van der Waals surface area contributed by atoms with E-state index >= 15 is 0 Å². The van der Waals surface area contributed by atoms with Crippen LogP contribution in [0.25, 0.3) is 0 Å². The first-order valence-corrected chi connectivity index (χ1v) is 5.63. The van der Waals surface area contributed by atoms with Crippen LogP contribution in [0.2, 0.25) is 0 Å². The molecule has 0 N–H and O–H groups in total. The molecule has 0 aromatic heterocycles. The van der Waals surface area contributed by atoms with Crippen molar-refractivity contribution in [3.8, 4) is 6.07 Å². The molecule has 1 fully saturated rings. The Bertz CT molecular complexity index is 290. The molecule has 1 heterocycles. The van der Waals surface area contributed by atoms with Crippen molar-refractivity contribution in [2.24, 2.45) is 17.3 Å². The molecule has 1 rings (SSSR count). The van der Waals surface area contributed by atoms with Gasteiger partial charge in [-0.25, -0.2) is 0 Å². The van der Waals surface area contributed by atoms with Crippen LogP contribution in [0.1, 0.15) is 34.1 Å². The van der Waals surface area contributed by atoms with Crippen LogP contribution in [0, 0.1) is 28.6 Å². The van der Waals surface area contributed by atoms with Gasteiger partial charge in [0.25, 0.3) is 0 Å². The molecule has 1 amide bonds. The molecule has 0 aromatic rings. The molecule has 0 aliphatic carbocycles. The van der Waals surface area contributed by atoms with Gasteiger partial charge in [-0.15, -0.1) is 0 Å². The minimum absolute atomic E-state index is 0.0206. The van der Waals surface area contributed by atoms with E-state index in [0.29, 0.717) is 11.8 Å². The Balaban J connectivity index is 2.70. The lowest BCUT2D eigenvalue weighted by Gasteiger charge is -2.23. The molecular weight excluding hydrogens is 188 g/mol. The maximum Gasteiger partial charge on any atom is 0.242 e. The molecular formula is C12H20N2O. The fourth-order valence-corrected chi connectivity index (χ4v) is 2.17. The van der Waals surface area contributed by atoms with Crippen molar-refractivity contribution >= 4 is 5.91 Å². The molecule has 3 nitrogen and oxygen atoms in total. The van der Waals surface area contributed by atoms with Gasteiger partial charge in [0.2, 0.25) is 5.91 Å². The highest BCUT2D eigenvalue weighted by molar-refractivity contribution is 5.84. The maximum absolute atomic E-state index is 12.0. The second-order valence-electron chi connectivity index (χ2n) is 5.09. The Hall–Kier alpha value is -1.04. The van der Waals surface area contributed by atoms with Gasteiger partial charge in [0.15, 0.2) is 0 Å². The fourth-order valence-electron chi connectivity index (χ4n) is 2.17. The second kappa shape index (κ2) is 4.22. The Morgan fingerprint density at radius 3 is 2.53 bits per heavy atom. The smallest absolute Gasteiger partial charge is 0.242 e. The number of likely N-dealkylation sites (tertiary alicyclic amines) is 1. The SMILES string of the molecule is CCC1CN(C(=O)C(C)(C)C#N)CC1C. The van der Waals surface area contributed by atoms with Crippen LogP contribution in [0.15, 0.2) is 0 Å². The van der Waals surface area contributed by atoms with Crippen molar-refractivity contribution in [1.82, 2.24) is 4.90 Å². The molecule has 1 aliphatic rings. The average molecular weight is 208 g/mol. The van der Waals surface area contributed by atoms with Crippen molar-refractivity contribution in [3.63, 3.8) is 0 Å². The van der Waals surface area contributed by atoms with Crippen LogP contribution < -0.4 is 0 Å². The minimum Gasteiger partial charge on any atom is -0.341 e. The van der Waals surface area contributed by atoms with E-state index in [4.69, 9.17) is 5.26 Å². The lowest BCUT2D eigenvalue weighted by atomic mass is 9.94. The summed E-state index contributed by atoms with van der Waals surface area (Å²) in [6.07, 6.45) is 1.11. The summed E-state index contributed by atoms with van der Waals surface area (Å²) in [5.74, 6) is 1.14. The summed E-state index contributed by atoms with van der Waals surface area (Å²) in [6, 6.07) is 2.07. The Kier molecular flexibility index (Phi) is 3.38. The molecule has 84 valence electrons. The zero-order chi connectivity index (χ0) is 11.6. The Morgan fingerprint density at radius 2 is 2.13 bits per heavy atom. The number of nitrogens with zero attached hydrogens (tertiary/aromatic N) is 2. The quantitative estimate of drug-likeness (QED) is 0.697. The van der Waals surface area contributed by atoms with Crippen molar-refractivity contribution < 1.29 is 4.79 Å². The van der Waals surface area contributed by atoms with Gasteiger partial charge in [-0.1, -0.05) is 20.3 Å². The zero-order valence-corrected chi connectivity index (χ0v) is 10.1. The monoisotopic (exact) mass is 208 g/mol. The molecule has 0 saturated carbocycles. The first-order valence-electron chi connectivity index (χ1n) is 5.63. The molecule has 2 atom stereocenters. The third-order valence-corrected chi connectivity index (χ3v) is 3.39. The summed E-state index contributed by atoms with van der Waals surface area (Å²) in [7, 11) is 0. The van der Waals surface area contributed by atoms with E-state index in [1.165, 1.54) is 0 Å². The molecule has 0 bridgehead atoms. The first-order chi connectivity index (χ1) is 6.92. The minimum atomic E-state index is -0.873. The number of nitriles is 1. The van der Waals surface area contributed by atoms with Crippen molar-refractivity contribution in [3.05, 3.63) is 0 Å². The number of rotatable bonds is 2. The first kappa shape index (κ1) is 12.0. The zero-order valence-electron chi connectivity index (χ0n) is 10.1. The van der Waals surface area contributed by atoms with Gasteiger partial charge in [0, 0.05) is 13.1 Å². The van der Waals surface area contributed by atoms with Crippen molar-refractivity contribution in [2.75, 3.05) is 13.1 Å². The highest BCUT2D eigenvalue weighted by Gasteiger charge is 2.38. The van der Waals surface area contributed by atoms with Crippen LogP contribution in [0.4, 0.5) is 0 Å². The predicted molar refractivity (Wildman–Crippen MR) is 58.9 cm³/mol. The van der Waals surface area contributed by atoms with E-state index in [1.807, 2.05) is 4.90 Å². The average Bonchev–Trinajstić information content (AvgIpc) is 2.58. The maximum atomic E-state index is 12.0. The van der Waals surface area contributed by atoms with E-state index in [0.717, 1.165) is 19.5 Å². The number of carbonyl (C=O) groups excluding carboxylic acids is 1.